The quantitative estimate of drug-likeness (QED) is 0.669. The number of carboxylic acids is 1. The fourth-order valence-corrected chi connectivity index (χ4v) is 3.59. The lowest BCUT2D eigenvalue weighted by Gasteiger charge is -2.38. The van der Waals surface area contributed by atoms with Crippen LogP contribution in [0.3, 0.4) is 0 Å². The zero-order valence-corrected chi connectivity index (χ0v) is 12.0. The van der Waals surface area contributed by atoms with Crippen LogP contribution in [0.5, 0.6) is 0 Å². The van der Waals surface area contributed by atoms with Crippen molar-refractivity contribution < 1.29 is 23.1 Å². The van der Waals surface area contributed by atoms with Crippen molar-refractivity contribution in [3.05, 3.63) is 0 Å². The molecule has 0 aromatic rings. The molecule has 0 spiro atoms. The molecule has 0 bridgehead atoms. The van der Waals surface area contributed by atoms with E-state index < -0.39 is 15.8 Å². The maximum absolute atomic E-state index is 12.2. The van der Waals surface area contributed by atoms with Crippen molar-refractivity contribution in [3.8, 4) is 0 Å². The topological polar surface area (TPSA) is 98.2 Å². The number of amides is 2. The summed E-state index contributed by atoms with van der Waals surface area (Å²) < 4.78 is 22.7. The number of nitrogens with zero attached hydrogens (tertiary/aromatic N) is 3. The maximum atomic E-state index is 12.2. The van der Waals surface area contributed by atoms with Crippen LogP contribution in [0.25, 0.3) is 0 Å². The van der Waals surface area contributed by atoms with Crippen molar-refractivity contribution >= 4 is 21.8 Å². The number of piperazine rings is 1. The molecule has 2 heterocycles. The van der Waals surface area contributed by atoms with Gasteiger partial charge in [0.2, 0.25) is 0 Å². The Morgan fingerprint density at radius 2 is 1.40 bits per heavy atom. The highest BCUT2D eigenvalue weighted by Crippen LogP contribution is 2.10. The van der Waals surface area contributed by atoms with E-state index in [0.29, 0.717) is 26.2 Å². The Labute approximate surface area is 117 Å². The minimum atomic E-state index is -2.99. The lowest BCUT2D eigenvalue weighted by atomic mass is 10.3. The normalized spacial score (nSPS) is 23.6. The highest BCUT2D eigenvalue weighted by Gasteiger charge is 2.30. The van der Waals surface area contributed by atoms with E-state index in [9.17, 15) is 18.0 Å². The number of aliphatic carboxylic acids is 1. The molecule has 9 heteroatoms. The second-order valence-electron chi connectivity index (χ2n) is 5.08. The molecule has 2 fully saturated rings. The third-order valence-electron chi connectivity index (χ3n) is 3.62. The van der Waals surface area contributed by atoms with Gasteiger partial charge in [-0.1, -0.05) is 0 Å². The van der Waals surface area contributed by atoms with E-state index in [4.69, 9.17) is 5.11 Å². The smallest absolute Gasteiger partial charge is 0.320 e. The lowest BCUT2D eigenvalue weighted by molar-refractivity contribution is -0.138. The minimum absolute atomic E-state index is 0.00993. The SMILES string of the molecule is O=C(O)CN1CCN(C(=O)N2CCS(=O)(=O)CC2)CC1. The third kappa shape index (κ3) is 3.83. The van der Waals surface area contributed by atoms with Gasteiger partial charge in [0.15, 0.2) is 9.84 Å². The summed E-state index contributed by atoms with van der Waals surface area (Å²) in [4.78, 5) is 27.8. The van der Waals surface area contributed by atoms with E-state index in [1.54, 1.807) is 14.7 Å². The van der Waals surface area contributed by atoms with Gasteiger partial charge in [0.25, 0.3) is 0 Å². The molecule has 2 amide bonds. The molecule has 8 nitrogen and oxygen atoms in total. The summed E-state index contributed by atoms with van der Waals surface area (Å²) in [5.74, 6) is -0.818. The van der Waals surface area contributed by atoms with Crippen LogP contribution in [-0.4, -0.2) is 97.5 Å². The van der Waals surface area contributed by atoms with Crippen LogP contribution in [0, 0.1) is 0 Å². The minimum Gasteiger partial charge on any atom is -0.480 e. The molecule has 0 aromatic carbocycles. The Bertz CT molecular complexity index is 470. The van der Waals surface area contributed by atoms with E-state index in [0.717, 1.165) is 0 Å². The van der Waals surface area contributed by atoms with E-state index in [-0.39, 0.29) is 37.2 Å². The number of urea groups is 1. The number of carboxylic acid groups (broad SMARTS) is 1. The summed E-state index contributed by atoms with van der Waals surface area (Å²) in [6.45, 7) is 2.51. The fourth-order valence-electron chi connectivity index (χ4n) is 2.39. The van der Waals surface area contributed by atoms with Gasteiger partial charge in [0, 0.05) is 39.3 Å². The zero-order chi connectivity index (χ0) is 14.8. The van der Waals surface area contributed by atoms with E-state index in [1.165, 1.54) is 0 Å². The lowest BCUT2D eigenvalue weighted by Crippen LogP contribution is -2.55. The molecule has 114 valence electrons. The molecule has 1 N–H and O–H groups in total. The van der Waals surface area contributed by atoms with Crippen LogP contribution in [0.1, 0.15) is 0 Å². The zero-order valence-electron chi connectivity index (χ0n) is 11.2. The fraction of sp³-hybridized carbons (Fsp3) is 0.818. The first kappa shape index (κ1) is 15.0. The molecule has 0 unspecified atom stereocenters. The van der Waals surface area contributed by atoms with Crippen LogP contribution in [0.15, 0.2) is 0 Å². The van der Waals surface area contributed by atoms with Crippen molar-refractivity contribution in [1.29, 1.82) is 0 Å². The Morgan fingerprint density at radius 3 is 1.90 bits per heavy atom. The monoisotopic (exact) mass is 305 g/mol. The summed E-state index contributed by atoms with van der Waals surface area (Å²) in [7, 11) is -2.99. The standard InChI is InChI=1S/C11H19N3O5S/c15-10(16)9-12-1-3-13(4-2-12)11(17)14-5-7-20(18,19)8-6-14/h1-9H2,(H,15,16). The molecule has 2 rings (SSSR count). The molecule has 2 aliphatic heterocycles. The predicted octanol–water partition coefficient (Wildman–Crippen LogP) is -1.46. The average Bonchev–Trinajstić information content (AvgIpc) is 2.38. The van der Waals surface area contributed by atoms with Crippen LogP contribution in [0.4, 0.5) is 4.79 Å². The molecule has 0 saturated carbocycles. The number of hydrogen-bond acceptors (Lipinski definition) is 5. The second kappa shape index (κ2) is 5.96. The molecule has 0 atom stereocenters. The Hall–Kier alpha value is -1.35. The van der Waals surface area contributed by atoms with Crippen molar-refractivity contribution in [2.75, 3.05) is 57.3 Å². The number of rotatable bonds is 2. The van der Waals surface area contributed by atoms with Crippen LogP contribution >= 0.6 is 0 Å². The predicted molar refractivity (Wildman–Crippen MR) is 71.3 cm³/mol. The van der Waals surface area contributed by atoms with Crippen molar-refractivity contribution in [2.45, 2.75) is 0 Å². The van der Waals surface area contributed by atoms with Crippen molar-refractivity contribution in [3.63, 3.8) is 0 Å². The van der Waals surface area contributed by atoms with Crippen molar-refractivity contribution in [1.82, 2.24) is 14.7 Å². The van der Waals surface area contributed by atoms with Gasteiger partial charge in [0.05, 0.1) is 18.1 Å². The molecule has 0 radical (unpaired) electrons. The molecule has 0 aliphatic carbocycles. The molecule has 20 heavy (non-hydrogen) atoms. The third-order valence-corrected chi connectivity index (χ3v) is 5.23. The van der Waals surface area contributed by atoms with Gasteiger partial charge in [-0.25, -0.2) is 13.2 Å². The summed E-state index contributed by atoms with van der Waals surface area (Å²) >= 11 is 0. The highest BCUT2D eigenvalue weighted by molar-refractivity contribution is 7.91. The van der Waals surface area contributed by atoms with Gasteiger partial charge >= 0.3 is 12.0 Å². The molecule has 2 saturated heterocycles. The molecular weight excluding hydrogens is 286 g/mol. The molecular formula is C11H19N3O5S. The van der Waals surface area contributed by atoms with Gasteiger partial charge in [-0.2, -0.15) is 0 Å². The molecule has 2 aliphatic rings. The summed E-state index contributed by atoms with van der Waals surface area (Å²) in [5.41, 5.74) is 0. The number of sulfone groups is 1. The average molecular weight is 305 g/mol. The Morgan fingerprint density at radius 1 is 0.900 bits per heavy atom. The van der Waals surface area contributed by atoms with Crippen LogP contribution in [-0.2, 0) is 14.6 Å². The van der Waals surface area contributed by atoms with Crippen LogP contribution in [0.2, 0.25) is 0 Å². The second-order valence-corrected chi connectivity index (χ2v) is 7.38. The van der Waals surface area contributed by atoms with E-state index >= 15 is 0 Å². The first-order chi connectivity index (χ1) is 9.37. The summed E-state index contributed by atoms with van der Waals surface area (Å²) in [5, 5.41) is 8.71. The first-order valence-electron chi connectivity index (χ1n) is 6.56. The van der Waals surface area contributed by atoms with Gasteiger partial charge in [0.1, 0.15) is 0 Å². The van der Waals surface area contributed by atoms with Crippen molar-refractivity contribution in [2.24, 2.45) is 0 Å². The molecule has 0 aromatic heterocycles. The largest absolute Gasteiger partial charge is 0.480 e. The summed E-state index contributed by atoms with van der Waals surface area (Å²) in [6.07, 6.45) is 0. The van der Waals surface area contributed by atoms with Gasteiger partial charge in [-0.15, -0.1) is 0 Å². The number of carbonyl (C=O) groups is 2. The van der Waals surface area contributed by atoms with Crippen LogP contribution < -0.4 is 0 Å². The van der Waals surface area contributed by atoms with Gasteiger partial charge in [-0.05, 0) is 0 Å². The summed E-state index contributed by atoms with van der Waals surface area (Å²) in [6, 6.07) is -0.144. The van der Waals surface area contributed by atoms with E-state index in [2.05, 4.69) is 0 Å². The Kier molecular flexibility index (Phi) is 4.48. The van der Waals surface area contributed by atoms with Gasteiger partial charge < -0.3 is 14.9 Å². The highest BCUT2D eigenvalue weighted by atomic mass is 32.2. The first-order valence-corrected chi connectivity index (χ1v) is 8.38. The maximum Gasteiger partial charge on any atom is 0.320 e. The van der Waals surface area contributed by atoms with E-state index in [1.807, 2.05) is 0 Å². The number of hydrogen-bond donors (Lipinski definition) is 1. The number of carbonyl (C=O) groups excluding carboxylic acids is 1. The van der Waals surface area contributed by atoms with Gasteiger partial charge in [-0.3, -0.25) is 9.69 Å². The Balaban J connectivity index is 1.82.